The fraction of sp³-hybridized carbons (Fsp3) is 0.429. The number of carbonyl (C=O) groups excluding carboxylic acids is 2. The molecule has 0 radical (unpaired) electrons. The van der Waals surface area contributed by atoms with Crippen molar-refractivity contribution < 1.29 is 9.59 Å². The normalized spacial score (nSPS) is 14.4. The lowest BCUT2D eigenvalue weighted by molar-refractivity contribution is -0.116. The molecule has 0 saturated heterocycles. The number of rotatable bonds is 5. The molecule has 1 fully saturated rings. The first-order chi connectivity index (χ1) is 8.20. The molecule has 1 aromatic rings. The molecule has 3 heteroatoms. The third-order valence-electron chi connectivity index (χ3n) is 2.86. The molecule has 3 nitrogen and oxygen atoms in total. The standard InChI is InChI=1S/C14H17NO2/c1-2-4-13(16)15-12-6-3-5-11(9-12)14(17)10-7-8-10/h3,5-6,9-10H,2,4,7-8H2,1H3,(H,15,16). The monoisotopic (exact) mass is 231 g/mol. The first-order valence-electron chi connectivity index (χ1n) is 6.15. The third-order valence-corrected chi connectivity index (χ3v) is 2.86. The van der Waals surface area contributed by atoms with Crippen molar-refractivity contribution in [2.24, 2.45) is 5.92 Å². The van der Waals surface area contributed by atoms with E-state index < -0.39 is 0 Å². The Balaban J connectivity index is 2.05. The van der Waals surface area contributed by atoms with Gasteiger partial charge in [-0.3, -0.25) is 9.59 Å². The van der Waals surface area contributed by atoms with Gasteiger partial charge in [-0.25, -0.2) is 0 Å². The quantitative estimate of drug-likeness (QED) is 0.792. The molecule has 2 rings (SSSR count). The Kier molecular flexibility index (Phi) is 3.57. The van der Waals surface area contributed by atoms with E-state index in [4.69, 9.17) is 0 Å². The molecule has 0 aliphatic heterocycles. The highest BCUT2D eigenvalue weighted by Gasteiger charge is 2.30. The molecule has 1 aliphatic carbocycles. The van der Waals surface area contributed by atoms with E-state index in [-0.39, 0.29) is 17.6 Å². The number of carbonyl (C=O) groups is 2. The summed E-state index contributed by atoms with van der Waals surface area (Å²) in [5, 5.41) is 2.81. The minimum atomic E-state index is 0.00326. The average Bonchev–Trinajstić information content (AvgIpc) is 3.12. The van der Waals surface area contributed by atoms with Crippen LogP contribution >= 0.6 is 0 Å². The second kappa shape index (κ2) is 5.13. The van der Waals surface area contributed by atoms with Gasteiger partial charge in [0, 0.05) is 23.6 Å². The zero-order chi connectivity index (χ0) is 12.3. The maximum atomic E-state index is 11.9. The highest BCUT2D eigenvalue weighted by atomic mass is 16.1. The van der Waals surface area contributed by atoms with Crippen molar-refractivity contribution in [2.75, 3.05) is 5.32 Å². The molecule has 1 amide bonds. The van der Waals surface area contributed by atoms with Crippen molar-refractivity contribution >= 4 is 17.4 Å². The number of hydrogen-bond donors (Lipinski definition) is 1. The summed E-state index contributed by atoms with van der Waals surface area (Å²) in [6, 6.07) is 7.22. The van der Waals surface area contributed by atoms with Crippen LogP contribution in [0.5, 0.6) is 0 Å². The van der Waals surface area contributed by atoms with Crippen molar-refractivity contribution in [3.05, 3.63) is 29.8 Å². The lowest BCUT2D eigenvalue weighted by Crippen LogP contribution is -2.11. The number of hydrogen-bond acceptors (Lipinski definition) is 2. The molecule has 17 heavy (non-hydrogen) atoms. The summed E-state index contributed by atoms with van der Waals surface area (Å²) < 4.78 is 0. The summed E-state index contributed by atoms with van der Waals surface area (Å²) in [4.78, 5) is 23.3. The van der Waals surface area contributed by atoms with E-state index in [0.29, 0.717) is 12.0 Å². The third kappa shape index (κ3) is 3.16. The maximum absolute atomic E-state index is 11.9. The minimum Gasteiger partial charge on any atom is -0.326 e. The number of anilines is 1. The van der Waals surface area contributed by atoms with Gasteiger partial charge >= 0.3 is 0 Å². The molecule has 1 N–H and O–H groups in total. The van der Waals surface area contributed by atoms with E-state index in [1.807, 2.05) is 25.1 Å². The van der Waals surface area contributed by atoms with Gasteiger partial charge in [-0.2, -0.15) is 0 Å². The van der Waals surface area contributed by atoms with Crippen molar-refractivity contribution in [1.29, 1.82) is 0 Å². The molecule has 1 aromatic carbocycles. The number of nitrogens with one attached hydrogen (secondary N) is 1. The van der Waals surface area contributed by atoms with Gasteiger partial charge in [0.1, 0.15) is 0 Å². The molecule has 0 unspecified atom stereocenters. The van der Waals surface area contributed by atoms with Crippen LogP contribution in [0, 0.1) is 5.92 Å². The van der Waals surface area contributed by atoms with Crippen LogP contribution in [0.25, 0.3) is 0 Å². The van der Waals surface area contributed by atoms with Crippen LogP contribution in [-0.4, -0.2) is 11.7 Å². The minimum absolute atomic E-state index is 0.00326. The average molecular weight is 231 g/mol. The van der Waals surface area contributed by atoms with Gasteiger partial charge in [0.25, 0.3) is 0 Å². The smallest absolute Gasteiger partial charge is 0.224 e. The van der Waals surface area contributed by atoms with Crippen LogP contribution in [0.3, 0.4) is 0 Å². The van der Waals surface area contributed by atoms with E-state index in [0.717, 1.165) is 24.9 Å². The van der Waals surface area contributed by atoms with Gasteiger partial charge in [-0.1, -0.05) is 19.1 Å². The van der Waals surface area contributed by atoms with Crippen molar-refractivity contribution in [3.63, 3.8) is 0 Å². The summed E-state index contributed by atoms with van der Waals surface area (Å²) in [5.41, 5.74) is 1.43. The molecule has 0 bridgehead atoms. The highest BCUT2D eigenvalue weighted by molar-refractivity contribution is 6.01. The number of benzene rings is 1. The Bertz CT molecular complexity index is 436. The van der Waals surface area contributed by atoms with Crippen molar-refractivity contribution in [2.45, 2.75) is 32.6 Å². The van der Waals surface area contributed by atoms with E-state index in [1.165, 1.54) is 0 Å². The predicted molar refractivity (Wildman–Crippen MR) is 67.0 cm³/mol. The molecular weight excluding hydrogens is 214 g/mol. The van der Waals surface area contributed by atoms with Gasteiger partial charge in [0.05, 0.1) is 0 Å². The summed E-state index contributed by atoms with van der Waals surface area (Å²) >= 11 is 0. The molecule has 1 aliphatic rings. The second-order valence-corrected chi connectivity index (χ2v) is 4.52. The Morgan fingerprint density at radius 3 is 2.76 bits per heavy atom. The van der Waals surface area contributed by atoms with E-state index in [2.05, 4.69) is 5.32 Å². The van der Waals surface area contributed by atoms with Gasteiger partial charge < -0.3 is 5.32 Å². The van der Waals surface area contributed by atoms with Crippen LogP contribution in [-0.2, 0) is 4.79 Å². The summed E-state index contributed by atoms with van der Waals surface area (Å²) in [5.74, 6) is 0.428. The zero-order valence-electron chi connectivity index (χ0n) is 10.0. The van der Waals surface area contributed by atoms with E-state index >= 15 is 0 Å². The summed E-state index contributed by atoms with van der Waals surface area (Å²) in [7, 11) is 0. The molecule has 0 atom stereocenters. The summed E-state index contributed by atoms with van der Waals surface area (Å²) in [6.45, 7) is 1.96. The molecule has 0 aromatic heterocycles. The Morgan fingerprint density at radius 1 is 1.35 bits per heavy atom. The van der Waals surface area contributed by atoms with Crippen LogP contribution < -0.4 is 5.32 Å². The second-order valence-electron chi connectivity index (χ2n) is 4.52. The van der Waals surface area contributed by atoms with Gasteiger partial charge in [-0.15, -0.1) is 0 Å². The lowest BCUT2D eigenvalue weighted by atomic mass is 10.1. The van der Waals surface area contributed by atoms with E-state index in [1.54, 1.807) is 6.07 Å². The topological polar surface area (TPSA) is 46.2 Å². The maximum Gasteiger partial charge on any atom is 0.224 e. The molecule has 0 spiro atoms. The number of amides is 1. The van der Waals surface area contributed by atoms with Gasteiger partial charge in [0.15, 0.2) is 5.78 Å². The lowest BCUT2D eigenvalue weighted by Gasteiger charge is -2.06. The highest BCUT2D eigenvalue weighted by Crippen LogP contribution is 2.33. The SMILES string of the molecule is CCCC(=O)Nc1cccc(C(=O)C2CC2)c1. The molecule has 90 valence electrons. The van der Waals surface area contributed by atoms with Crippen molar-refractivity contribution in [3.8, 4) is 0 Å². The molecule has 1 saturated carbocycles. The predicted octanol–water partition coefficient (Wildman–Crippen LogP) is 3.02. The summed E-state index contributed by atoms with van der Waals surface area (Å²) in [6.07, 6.45) is 3.35. The van der Waals surface area contributed by atoms with Crippen LogP contribution in [0.1, 0.15) is 43.0 Å². The number of ketones is 1. The van der Waals surface area contributed by atoms with Gasteiger partial charge in [-0.05, 0) is 31.4 Å². The molecule has 0 heterocycles. The van der Waals surface area contributed by atoms with E-state index in [9.17, 15) is 9.59 Å². The first-order valence-corrected chi connectivity index (χ1v) is 6.15. The molecular formula is C14H17NO2. The zero-order valence-corrected chi connectivity index (χ0v) is 10.0. The Morgan fingerprint density at radius 2 is 2.12 bits per heavy atom. The Hall–Kier alpha value is -1.64. The fourth-order valence-corrected chi connectivity index (χ4v) is 1.78. The van der Waals surface area contributed by atoms with Crippen LogP contribution in [0.15, 0.2) is 24.3 Å². The van der Waals surface area contributed by atoms with Crippen LogP contribution in [0.2, 0.25) is 0 Å². The first kappa shape index (κ1) is 11.8. The number of Topliss-reactive ketones (excluding diaryl/α,β-unsaturated/α-hetero) is 1. The van der Waals surface area contributed by atoms with Gasteiger partial charge in [0.2, 0.25) is 5.91 Å². The fourth-order valence-electron chi connectivity index (χ4n) is 1.78. The Labute approximate surface area is 101 Å². The van der Waals surface area contributed by atoms with Crippen LogP contribution in [0.4, 0.5) is 5.69 Å². The van der Waals surface area contributed by atoms with Crippen molar-refractivity contribution in [1.82, 2.24) is 0 Å². The largest absolute Gasteiger partial charge is 0.326 e.